The van der Waals surface area contributed by atoms with Crippen molar-refractivity contribution in [2.75, 3.05) is 11.5 Å². The van der Waals surface area contributed by atoms with Crippen LogP contribution in [0.1, 0.15) is 107 Å². The average Bonchev–Trinajstić information content (AvgIpc) is 0.660. The molecule has 0 saturated heterocycles. The van der Waals surface area contributed by atoms with Gasteiger partial charge >= 0.3 is 5.97 Å². The van der Waals surface area contributed by atoms with Gasteiger partial charge in [-0.1, -0.05) is 358 Å². The number of hydrogen-bond donors (Lipinski definition) is 0. The highest BCUT2D eigenvalue weighted by Gasteiger charge is 2.56. The van der Waals surface area contributed by atoms with E-state index in [-0.39, 0.29) is 11.4 Å². The van der Waals surface area contributed by atoms with E-state index in [9.17, 15) is 4.79 Å². The topological polar surface area (TPSA) is 29.5 Å². The summed E-state index contributed by atoms with van der Waals surface area (Å²) in [7, 11) is -6.27. The molecule has 2 heterocycles. The van der Waals surface area contributed by atoms with Gasteiger partial charge in [0.05, 0.1) is 34.5 Å². The maximum atomic E-state index is 9.82. The van der Waals surface area contributed by atoms with Crippen LogP contribution in [0.4, 0.5) is 17.1 Å². The number of rotatable bonds is 13. The van der Waals surface area contributed by atoms with Crippen LogP contribution in [0, 0.1) is 27.7 Å². The molecule has 0 fully saturated rings. The van der Waals surface area contributed by atoms with E-state index in [1.807, 2.05) is 0 Å². The fourth-order valence-corrected chi connectivity index (χ4v) is 25.7. The largest absolute Gasteiger partial charge is 0.466 e. The van der Waals surface area contributed by atoms with E-state index in [0.717, 1.165) is 0 Å². The van der Waals surface area contributed by atoms with Crippen LogP contribution in [0.3, 0.4) is 0 Å². The van der Waals surface area contributed by atoms with E-state index in [1.54, 1.807) is 6.92 Å². The molecule has 0 spiro atoms. The maximum absolute atomic E-state index is 9.82. The van der Waals surface area contributed by atoms with Crippen LogP contribution in [0.2, 0.25) is 0 Å². The molecule has 2 aliphatic rings. The second kappa shape index (κ2) is 25.9. The van der Waals surface area contributed by atoms with Gasteiger partial charge in [0, 0.05) is 6.92 Å². The van der Waals surface area contributed by atoms with Gasteiger partial charge in [-0.3, -0.25) is 4.79 Å². The third-order valence-corrected chi connectivity index (χ3v) is 30.2. The minimum absolute atomic E-state index is 0.211. The number of fused-ring (bicyclic) bond motifs is 4. The zero-order valence-corrected chi connectivity index (χ0v) is 59.1. The molecular weight excluding hydrogens is 1210 g/mol. The zero-order chi connectivity index (χ0) is 67.1. The molecule has 0 saturated carbocycles. The second-order valence-corrected chi connectivity index (χ2v) is 35.2. The lowest BCUT2D eigenvalue weighted by Gasteiger charge is -2.54. The van der Waals surface area contributed by atoms with Crippen LogP contribution >= 0.6 is 0 Å². The van der Waals surface area contributed by atoms with Gasteiger partial charge in [0.15, 0.2) is 16.1 Å². The molecule has 0 atom stereocenters. The molecule has 13 aromatic carbocycles. The van der Waals surface area contributed by atoms with Crippen molar-refractivity contribution in [1.29, 1.82) is 0 Å². The number of carbonyl (C=O) groups excluding carboxylic acids is 1. The highest BCUT2D eigenvalue weighted by molar-refractivity contribution is 7.20. The number of aryl methyl sites for hydroxylation is 4. The molecular formula is C92H83NO2Si2. The Hall–Kier alpha value is -10.4. The Morgan fingerprint density at radius 1 is 0.340 bits per heavy atom. The molecule has 0 amide bonds. The first-order chi connectivity index (χ1) is 47.2. The molecule has 0 N–H and O–H groups in total. The van der Waals surface area contributed by atoms with Crippen LogP contribution in [0.25, 0.3) is 0 Å². The predicted molar refractivity (Wildman–Crippen MR) is 412 cm³/mol. The standard InChI is InChI=1S/C88H75NSi2.C4H8O2/c1-62-38-46-66(47-39-62)87(67-48-40-63(2)41-49-67)79-60-77(90(71-26-14-8-15-27-71,72-28-16-9-17-29-72)73-30-18-10-19-31-73)54-56-83(79)89-84-57-55-78(91(74-32-20-11-21-33-74,75-34-22-12-23-35-75)76-36-24-13-25-37-76)61-80(84)88(68-50-42-64(3)43-51-68,69-52-44-65(4)45-53-69)82-59-70(86(5,6)7)58-81(87)85(82)89;1-3-6-4(2)5/h8-61H,1-7H3;3H2,1-2H3. The van der Waals surface area contributed by atoms with Gasteiger partial charge in [-0.15, -0.1) is 0 Å². The van der Waals surface area contributed by atoms with Crippen LogP contribution < -0.4 is 46.4 Å². The number of benzene rings is 13. The van der Waals surface area contributed by atoms with Crippen molar-refractivity contribution in [2.24, 2.45) is 0 Å². The zero-order valence-electron chi connectivity index (χ0n) is 57.1. The van der Waals surface area contributed by atoms with Gasteiger partial charge < -0.3 is 9.64 Å². The minimum atomic E-state index is -3.13. The van der Waals surface area contributed by atoms with E-state index in [2.05, 4.69) is 386 Å². The quantitative estimate of drug-likeness (QED) is 0.0655. The van der Waals surface area contributed by atoms with Crippen molar-refractivity contribution < 1.29 is 9.53 Å². The summed E-state index contributed by atoms with van der Waals surface area (Å²) in [5.41, 5.74) is 17.8. The van der Waals surface area contributed by atoms with E-state index >= 15 is 0 Å². The molecule has 3 nitrogen and oxygen atoms in total. The lowest BCUT2D eigenvalue weighted by atomic mass is 9.56. The van der Waals surface area contributed by atoms with Crippen molar-refractivity contribution in [3.63, 3.8) is 0 Å². The Kier molecular flexibility index (Phi) is 17.1. The number of anilines is 3. The van der Waals surface area contributed by atoms with Crippen molar-refractivity contribution in [3.05, 3.63) is 400 Å². The number of ether oxygens (including phenoxy) is 1. The Bertz CT molecular complexity index is 4350. The van der Waals surface area contributed by atoms with Crippen LogP contribution in [0.15, 0.2) is 328 Å². The summed E-state index contributed by atoms with van der Waals surface area (Å²) in [6, 6.07) is 128. The Labute approximate surface area is 576 Å². The van der Waals surface area contributed by atoms with Crippen molar-refractivity contribution in [3.8, 4) is 0 Å². The monoisotopic (exact) mass is 1290 g/mol. The van der Waals surface area contributed by atoms with E-state index < -0.39 is 27.0 Å². The van der Waals surface area contributed by atoms with Crippen molar-refractivity contribution in [1.82, 2.24) is 0 Å². The fourth-order valence-electron chi connectivity index (χ4n) is 16.2. The number of esters is 1. The highest BCUT2D eigenvalue weighted by Crippen LogP contribution is 2.66. The fraction of sp³-hybridized carbons (Fsp3) is 0.141. The van der Waals surface area contributed by atoms with Crippen LogP contribution in [0.5, 0.6) is 0 Å². The van der Waals surface area contributed by atoms with Crippen molar-refractivity contribution in [2.45, 2.75) is 78.6 Å². The normalized spacial score (nSPS) is 13.4. The summed E-state index contributed by atoms with van der Waals surface area (Å²) in [6.07, 6.45) is 0. The predicted octanol–water partition coefficient (Wildman–Crippen LogP) is 16.4. The highest BCUT2D eigenvalue weighted by atomic mass is 28.3. The van der Waals surface area contributed by atoms with E-state index in [4.69, 9.17) is 0 Å². The molecule has 5 heteroatoms. The van der Waals surface area contributed by atoms with Gasteiger partial charge in [0.2, 0.25) is 0 Å². The summed E-state index contributed by atoms with van der Waals surface area (Å²) in [4.78, 5) is 12.6. The van der Waals surface area contributed by atoms with Crippen LogP contribution in [-0.4, -0.2) is 28.7 Å². The molecule has 0 bridgehead atoms. The Morgan fingerprint density at radius 3 is 0.814 bits per heavy atom. The number of hydrogen-bond acceptors (Lipinski definition) is 3. The van der Waals surface area contributed by atoms with E-state index in [1.165, 1.54) is 138 Å². The molecule has 0 unspecified atom stereocenters. The molecule has 97 heavy (non-hydrogen) atoms. The molecule has 476 valence electrons. The van der Waals surface area contributed by atoms with E-state index in [0.29, 0.717) is 6.61 Å². The third-order valence-electron chi connectivity index (χ3n) is 20.7. The molecule has 0 aliphatic carbocycles. The molecule has 2 aliphatic heterocycles. The minimum Gasteiger partial charge on any atom is -0.466 e. The molecule has 0 radical (unpaired) electrons. The van der Waals surface area contributed by atoms with Gasteiger partial charge in [-0.05, 0) is 144 Å². The Morgan fingerprint density at radius 2 is 0.598 bits per heavy atom. The molecule has 13 aromatic rings. The molecule has 15 rings (SSSR count). The van der Waals surface area contributed by atoms with Gasteiger partial charge in [-0.25, -0.2) is 0 Å². The van der Waals surface area contributed by atoms with Gasteiger partial charge in [0.25, 0.3) is 0 Å². The maximum Gasteiger partial charge on any atom is 0.302 e. The smallest absolute Gasteiger partial charge is 0.302 e. The average molecular weight is 1290 g/mol. The summed E-state index contributed by atoms with van der Waals surface area (Å²) in [5.74, 6) is -0.211. The third kappa shape index (κ3) is 10.7. The van der Waals surface area contributed by atoms with Gasteiger partial charge in [0.1, 0.15) is 0 Å². The van der Waals surface area contributed by atoms with Crippen LogP contribution in [-0.2, 0) is 25.8 Å². The number of carbonyl (C=O) groups is 1. The number of nitrogens with zero attached hydrogens (tertiary/aromatic N) is 1. The lowest BCUT2D eigenvalue weighted by molar-refractivity contribution is -0.140. The first-order valence-electron chi connectivity index (χ1n) is 34.2. The first-order valence-corrected chi connectivity index (χ1v) is 38.2. The summed E-state index contributed by atoms with van der Waals surface area (Å²) >= 11 is 0. The van der Waals surface area contributed by atoms with Gasteiger partial charge in [-0.2, -0.15) is 0 Å². The summed E-state index contributed by atoms with van der Waals surface area (Å²) in [5, 5.41) is 10.7. The van der Waals surface area contributed by atoms with Crippen molar-refractivity contribution >= 4 is 80.7 Å². The SMILES string of the molecule is CCOC(C)=O.Cc1ccc(C2(c3ccc(C)cc3)c3cc([Si](c4ccccc4)(c4ccccc4)c4ccccc4)ccc3N3c4ccc([Si](c5ccccc5)(c5ccccc5)c5ccccc5)cc4C(c4ccc(C)cc4)(c4ccc(C)cc4)c4cc(C(C)(C)C)cc2c43)cc1. The Balaban J connectivity index is 0.00000129. The summed E-state index contributed by atoms with van der Waals surface area (Å²) in [6.45, 7) is 19.8. The lowest BCUT2D eigenvalue weighted by Crippen LogP contribution is -2.75. The molecule has 0 aromatic heterocycles. The second-order valence-electron chi connectivity index (χ2n) is 27.6. The summed E-state index contributed by atoms with van der Waals surface area (Å²) < 4.78 is 4.40. The first kappa shape index (κ1) is 63.9.